The highest BCUT2D eigenvalue weighted by Crippen LogP contribution is 2.06. The molecule has 0 spiro atoms. The third-order valence-corrected chi connectivity index (χ3v) is 1.29. The van der Waals surface area contributed by atoms with E-state index >= 15 is 0 Å². The Bertz CT molecular complexity index is 336. The molecule has 0 unspecified atom stereocenters. The lowest BCUT2D eigenvalue weighted by atomic mass is 10.2. The first-order valence-electron chi connectivity index (χ1n) is 4.53. The fourth-order valence-electron chi connectivity index (χ4n) is 0.814. The van der Waals surface area contributed by atoms with Gasteiger partial charge in [0.15, 0.2) is 0 Å². The summed E-state index contributed by atoms with van der Waals surface area (Å²) in [6, 6.07) is 3.45. The number of nitrogens with one attached hydrogen (secondary N) is 1. The smallest absolute Gasteiger partial charge is 0.428 e. The first kappa shape index (κ1) is 11.3. The minimum atomic E-state index is -0.592. The third kappa shape index (κ3) is 4.85. The lowest BCUT2D eigenvalue weighted by molar-refractivity contribution is 0.0529. The van der Waals surface area contributed by atoms with Gasteiger partial charge < -0.3 is 9.15 Å². The van der Waals surface area contributed by atoms with Gasteiger partial charge in [-0.05, 0) is 32.9 Å². The van der Waals surface area contributed by atoms with Crippen LogP contribution in [-0.2, 0) is 4.74 Å². The average Bonchev–Trinajstić information content (AvgIpc) is 2.53. The van der Waals surface area contributed by atoms with Crippen LogP contribution in [-0.4, -0.2) is 17.9 Å². The zero-order valence-corrected chi connectivity index (χ0v) is 8.98. The van der Waals surface area contributed by atoms with Crippen molar-refractivity contribution in [3.8, 4) is 0 Å². The van der Waals surface area contributed by atoms with Crippen molar-refractivity contribution in [1.82, 2.24) is 5.43 Å². The van der Waals surface area contributed by atoms with Crippen LogP contribution in [0.25, 0.3) is 0 Å². The van der Waals surface area contributed by atoms with Gasteiger partial charge in [-0.25, -0.2) is 10.2 Å². The standard InChI is InChI=1S/C10H14N2O3/c1-10(2,3)15-9(13)12-11-7-8-5-4-6-14-8/h4-7H,1-3H3,(H,12,13)/b11-7+. The number of rotatable bonds is 2. The molecule has 0 radical (unpaired) electrons. The lowest BCUT2D eigenvalue weighted by Crippen LogP contribution is -2.29. The fraction of sp³-hybridized carbons (Fsp3) is 0.400. The summed E-state index contributed by atoms with van der Waals surface area (Å²) in [5.41, 5.74) is 1.70. The third-order valence-electron chi connectivity index (χ3n) is 1.29. The summed E-state index contributed by atoms with van der Waals surface area (Å²) in [4.78, 5) is 11.1. The molecule has 0 atom stereocenters. The Morgan fingerprint density at radius 3 is 2.87 bits per heavy atom. The monoisotopic (exact) mass is 210 g/mol. The molecule has 0 bridgehead atoms. The Morgan fingerprint density at radius 2 is 2.33 bits per heavy atom. The van der Waals surface area contributed by atoms with Crippen molar-refractivity contribution in [3.63, 3.8) is 0 Å². The molecule has 15 heavy (non-hydrogen) atoms. The molecule has 1 rings (SSSR count). The van der Waals surface area contributed by atoms with Crippen LogP contribution in [0.2, 0.25) is 0 Å². The van der Waals surface area contributed by atoms with Gasteiger partial charge >= 0.3 is 6.09 Å². The number of hydrogen-bond donors (Lipinski definition) is 1. The van der Waals surface area contributed by atoms with E-state index in [1.807, 2.05) is 0 Å². The number of ether oxygens (including phenoxy) is 1. The van der Waals surface area contributed by atoms with E-state index in [9.17, 15) is 4.79 Å². The average molecular weight is 210 g/mol. The molecule has 1 N–H and O–H groups in total. The van der Waals surface area contributed by atoms with E-state index in [0.29, 0.717) is 5.76 Å². The summed E-state index contributed by atoms with van der Waals surface area (Å²) in [6.45, 7) is 5.34. The molecule has 0 fully saturated rings. The Balaban J connectivity index is 2.35. The van der Waals surface area contributed by atoms with Gasteiger partial charge in [0.25, 0.3) is 0 Å². The van der Waals surface area contributed by atoms with Crippen molar-refractivity contribution >= 4 is 12.3 Å². The molecule has 0 saturated carbocycles. The highest BCUT2D eigenvalue weighted by atomic mass is 16.6. The summed E-state index contributed by atoms with van der Waals surface area (Å²) in [5.74, 6) is 0.561. The quantitative estimate of drug-likeness (QED) is 0.600. The van der Waals surface area contributed by atoms with Crippen LogP contribution in [0.3, 0.4) is 0 Å². The Kier molecular flexibility index (Phi) is 3.49. The van der Waals surface area contributed by atoms with Crippen molar-refractivity contribution in [2.45, 2.75) is 26.4 Å². The Hall–Kier alpha value is -1.78. The zero-order valence-electron chi connectivity index (χ0n) is 8.98. The van der Waals surface area contributed by atoms with Crippen LogP contribution >= 0.6 is 0 Å². The lowest BCUT2D eigenvalue weighted by Gasteiger charge is -2.18. The molecule has 1 aromatic rings. The van der Waals surface area contributed by atoms with Crippen molar-refractivity contribution in [3.05, 3.63) is 24.2 Å². The summed E-state index contributed by atoms with van der Waals surface area (Å²) < 4.78 is 9.94. The first-order valence-corrected chi connectivity index (χ1v) is 4.53. The van der Waals surface area contributed by atoms with E-state index in [1.54, 1.807) is 32.9 Å². The maximum Gasteiger partial charge on any atom is 0.428 e. The van der Waals surface area contributed by atoms with E-state index < -0.39 is 11.7 Å². The van der Waals surface area contributed by atoms with Crippen LogP contribution < -0.4 is 5.43 Å². The van der Waals surface area contributed by atoms with Crippen LogP contribution in [0.15, 0.2) is 27.9 Å². The number of hydrazone groups is 1. The molecule has 1 amide bonds. The molecule has 0 aliphatic carbocycles. The molecule has 1 heterocycles. The molecule has 0 saturated heterocycles. The molecule has 82 valence electrons. The molecular formula is C10H14N2O3. The Labute approximate surface area is 88.1 Å². The van der Waals surface area contributed by atoms with Gasteiger partial charge in [0.05, 0.1) is 12.5 Å². The SMILES string of the molecule is CC(C)(C)OC(=O)N/N=C/c1ccco1. The van der Waals surface area contributed by atoms with Crippen molar-refractivity contribution in [1.29, 1.82) is 0 Å². The summed E-state index contributed by atoms with van der Waals surface area (Å²) in [6.07, 6.45) is 2.32. The number of carbonyl (C=O) groups is 1. The van der Waals surface area contributed by atoms with Gasteiger partial charge in [-0.1, -0.05) is 0 Å². The highest BCUT2D eigenvalue weighted by Gasteiger charge is 2.15. The maximum absolute atomic E-state index is 11.1. The molecule has 5 heteroatoms. The summed E-state index contributed by atoms with van der Waals surface area (Å²) in [5, 5.41) is 3.65. The van der Waals surface area contributed by atoms with Gasteiger partial charge in [0, 0.05) is 0 Å². The Morgan fingerprint density at radius 1 is 1.60 bits per heavy atom. The van der Waals surface area contributed by atoms with Gasteiger partial charge in [-0.2, -0.15) is 5.10 Å². The van der Waals surface area contributed by atoms with Gasteiger partial charge in [-0.15, -0.1) is 0 Å². The van der Waals surface area contributed by atoms with Crippen LogP contribution in [0.1, 0.15) is 26.5 Å². The minimum absolute atomic E-state index is 0.524. The van der Waals surface area contributed by atoms with Gasteiger partial charge in [0.2, 0.25) is 0 Å². The topological polar surface area (TPSA) is 63.8 Å². The van der Waals surface area contributed by atoms with Crippen LogP contribution in [0, 0.1) is 0 Å². The van der Waals surface area contributed by atoms with Gasteiger partial charge in [-0.3, -0.25) is 0 Å². The van der Waals surface area contributed by atoms with E-state index in [-0.39, 0.29) is 0 Å². The van der Waals surface area contributed by atoms with Crippen molar-refractivity contribution in [2.24, 2.45) is 5.10 Å². The van der Waals surface area contributed by atoms with E-state index in [0.717, 1.165) is 0 Å². The largest absolute Gasteiger partial charge is 0.463 e. The number of hydrogen-bond acceptors (Lipinski definition) is 4. The molecule has 5 nitrogen and oxygen atoms in total. The van der Waals surface area contributed by atoms with Crippen LogP contribution in [0.4, 0.5) is 4.79 Å². The first-order chi connectivity index (χ1) is 6.97. The van der Waals surface area contributed by atoms with Crippen molar-refractivity contribution < 1.29 is 13.9 Å². The van der Waals surface area contributed by atoms with E-state index in [4.69, 9.17) is 9.15 Å². The van der Waals surface area contributed by atoms with Crippen LogP contribution in [0.5, 0.6) is 0 Å². The highest BCUT2D eigenvalue weighted by molar-refractivity contribution is 5.77. The van der Waals surface area contributed by atoms with E-state index in [1.165, 1.54) is 12.5 Å². The zero-order chi connectivity index (χ0) is 11.3. The van der Waals surface area contributed by atoms with Crippen molar-refractivity contribution in [2.75, 3.05) is 0 Å². The number of carbonyl (C=O) groups excluding carboxylic acids is 1. The summed E-state index contributed by atoms with van der Waals surface area (Å²) in [7, 11) is 0. The predicted molar refractivity (Wildman–Crippen MR) is 55.7 cm³/mol. The number of amides is 1. The fourth-order valence-corrected chi connectivity index (χ4v) is 0.814. The molecule has 0 aromatic carbocycles. The molecule has 1 aromatic heterocycles. The predicted octanol–water partition coefficient (Wildman–Crippen LogP) is 2.14. The molecular weight excluding hydrogens is 196 g/mol. The number of nitrogens with zero attached hydrogens (tertiary/aromatic N) is 1. The second-order valence-corrected chi connectivity index (χ2v) is 3.89. The van der Waals surface area contributed by atoms with Gasteiger partial charge in [0.1, 0.15) is 11.4 Å². The normalized spacial score (nSPS) is 11.7. The second kappa shape index (κ2) is 4.63. The molecule has 0 aliphatic heterocycles. The number of furan rings is 1. The second-order valence-electron chi connectivity index (χ2n) is 3.89. The van der Waals surface area contributed by atoms with E-state index in [2.05, 4.69) is 10.5 Å². The summed E-state index contributed by atoms with van der Waals surface area (Å²) >= 11 is 0. The minimum Gasteiger partial charge on any atom is -0.463 e. The maximum atomic E-state index is 11.1. The molecule has 0 aliphatic rings.